The minimum atomic E-state index is -0.552. The van der Waals surface area contributed by atoms with Crippen molar-refractivity contribution in [3.8, 4) is 0 Å². The number of carbonyl (C=O) groups excluding carboxylic acids is 1. The summed E-state index contributed by atoms with van der Waals surface area (Å²) in [6.45, 7) is 0.744. The minimum absolute atomic E-state index is 0.0629. The highest BCUT2D eigenvalue weighted by Gasteiger charge is 2.30. The van der Waals surface area contributed by atoms with Gasteiger partial charge in [0, 0.05) is 14.1 Å². The summed E-state index contributed by atoms with van der Waals surface area (Å²) in [5.74, 6) is 0. The summed E-state index contributed by atoms with van der Waals surface area (Å²) in [5, 5.41) is 10.5. The van der Waals surface area contributed by atoms with E-state index in [1.807, 2.05) is 0 Å². The average Bonchev–Trinajstić information content (AvgIpc) is 1.79. The van der Waals surface area contributed by atoms with Crippen molar-refractivity contribution >= 4 is 6.03 Å². The van der Waals surface area contributed by atoms with Crippen molar-refractivity contribution in [2.45, 2.75) is 6.10 Å². The van der Waals surface area contributed by atoms with E-state index in [9.17, 15) is 9.90 Å². The zero-order valence-corrected chi connectivity index (χ0v) is 6.20. The topological polar surface area (TPSA) is 43.5 Å². The van der Waals surface area contributed by atoms with E-state index >= 15 is 0 Å². The lowest BCUT2D eigenvalue weighted by Crippen LogP contribution is -2.55. The summed E-state index contributed by atoms with van der Waals surface area (Å²) >= 11 is 0. The summed E-state index contributed by atoms with van der Waals surface area (Å²) in [4.78, 5) is 14.0. The molecule has 1 fully saturated rings. The van der Waals surface area contributed by atoms with E-state index in [0.717, 1.165) is 0 Å². The van der Waals surface area contributed by atoms with Crippen molar-refractivity contribution < 1.29 is 9.90 Å². The van der Waals surface area contributed by atoms with Crippen LogP contribution in [0.5, 0.6) is 0 Å². The number of urea groups is 1. The van der Waals surface area contributed by atoms with Crippen molar-refractivity contribution in [1.29, 1.82) is 0 Å². The number of likely N-dealkylation sites (tertiary alicyclic amines) is 1. The maximum Gasteiger partial charge on any atom is 0.319 e. The van der Waals surface area contributed by atoms with E-state index in [2.05, 4.69) is 0 Å². The molecular weight excluding hydrogens is 132 g/mol. The largest absolute Gasteiger partial charge is 0.331 e. The first-order chi connectivity index (χ1) is 4.61. The van der Waals surface area contributed by atoms with Gasteiger partial charge < -0.3 is 9.80 Å². The lowest BCUT2D eigenvalue weighted by atomic mass is 10.2. The van der Waals surface area contributed by atoms with E-state index in [1.54, 1.807) is 14.1 Å². The summed E-state index contributed by atoms with van der Waals surface area (Å²) in [7, 11) is 3.36. The third-order valence-corrected chi connectivity index (χ3v) is 1.50. The molecule has 1 radical (unpaired) electrons. The molecule has 1 rings (SSSR count). The Balaban J connectivity index is 2.31. The van der Waals surface area contributed by atoms with Crippen molar-refractivity contribution in [3.63, 3.8) is 0 Å². The number of amides is 2. The molecule has 4 heteroatoms. The maximum atomic E-state index is 11.0. The number of rotatable bonds is 0. The van der Waals surface area contributed by atoms with Gasteiger partial charge in [0.2, 0.25) is 0 Å². The first-order valence-corrected chi connectivity index (χ1v) is 3.23. The predicted octanol–water partition coefficient (Wildman–Crippen LogP) is -0.217. The smallest absolute Gasteiger partial charge is 0.319 e. The van der Waals surface area contributed by atoms with Crippen molar-refractivity contribution in [2.75, 3.05) is 27.2 Å². The maximum absolute atomic E-state index is 11.0. The first-order valence-electron chi connectivity index (χ1n) is 3.23. The van der Waals surface area contributed by atoms with Gasteiger partial charge in [0.15, 0.2) is 0 Å². The molecule has 1 aliphatic heterocycles. The molecule has 4 nitrogen and oxygen atoms in total. The highest BCUT2D eigenvalue weighted by atomic mass is 16.3. The summed E-state index contributed by atoms with van der Waals surface area (Å²) in [6.07, 6.45) is -0.552. The molecule has 0 N–H and O–H groups in total. The molecule has 0 atom stereocenters. The lowest BCUT2D eigenvalue weighted by Gasteiger charge is -2.36. The normalized spacial score (nSPS) is 18.5. The molecule has 0 aromatic rings. The third-order valence-electron chi connectivity index (χ3n) is 1.50. The number of hydrogen-bond acceptors (Lipinski definition) is 1. The van der Waals surface area contributed by atoms with Gasteiger partial charge in [-0.2, -0.15) is 0 Å². The molecule has 2 amide bonds. The molecular formula is C6H11N2O2. The summed E-state index contributed by atoms with van der Waals surface area (Å²) in [6, 6.07) is -0.0629. The van der Waals surface area contributed by atoms with Gasteiger partial charge >= 0.3 is 6.03 Å². The molecule has 0 aromatic carbocycles. The molecule has 0 bridgehead atoms. The third kappa shape index (κ3) is 1.21. The van der Waals surface area contributed by atoms with E-state index < -0.39 is 6.10 Å². The second-order valence-electron chi connectivity index (χ2n) is 2.70. The second-order valence-corrected chi connectivity index (χ2v) is 2.70. The Morgan fingerprint density at radius 2 is 2.00 bits per heavy atom. The number of hydrogen-bond donors (Lipinski definition) is 0. The Hall–Kier alpha value is -0.770. The zero-order chi connectivity index (χ0) is 7.72. The monoisotopic (exact) mass is 143 g/mol. The van der Waals surface area contributed by atoms with Gasteiger partial charge in [0.25, 0.3) is 0 Å². The molecule has 10 heavy (non-hydrogen) atoms. The highest BCUT2D eigenvalue weighted by molar-refractivity contribution is 5.74. The van der Waals surface area contributed by atoms with Crippen LogP contribution < -0.4 is 0 Å². The second kappa shape index (κ2) is 2.46. The van der Waals surface area contributed by atoms with Gasteiger partial charge in [-0.1, -0.05) is 0 Å². The fourth-order valence-electron chi connectivity index (χ4n) is 0.877. The van der Waals surface area contributed by atoms with E-state index in [4.69, 9.17) is 0 Å². The van der Waals surface area contributed by atoms with Crippen LogP contribution in [-0.4, -0.2) is 49.1 Å². The van der Waals surface area contributed by atoms with Crippen LogP contribution in [0.15, 0.2) is 0 Å². The van der Waals surface area contributed by atoms with Crippen molar-refractivity contribution in [3.05, 3.63) is 0 Å². The average molecular weight is 143 g/mol. The van der Waals surface area contributed by atoms with E-state index in [0.29, 0.717) is 13.1 Å². The van der Waals surface area contributed by atoms with Gasteiger partial charge in [-0.25, -0.2) is 9.90 Å². The van der Waals surface area contributed by atoms with Crippen molar-refractivity contribution in [2.24, 2.45) is 0 Å². The molecule has 0 saturated carbocycles. The molecule has 0 unspecified atom stereocenters. The van der Waals surface area contributed by atoms with Crippen LogP contribution in [0, 0.1) is 0 Å². The van der Waals surface area contributed by atoms with Crippen LogP contribution in [0.2, 0.25) is 0 Å². The van der Waals surface area contributed by atoms with Crippen LogP contribution in [0.4, 0.5) is 4.79 Å². The minimum Gasteiger partial charge on any atom is -0.331 e. The highest BCUT2D eigenvalue weighted by Crippen LogP contribution is 2.09. The Bertz CT molecular complexity index is 141. The van der Waals surface area contributed by atoms with E-state index in [-0.39, 0.29) is 6.03 Å². The van der Waals surface area contributed by atoms with Crippen LogP contribution in [0.25, 0.3) is 0 Å². The van der Waals surface area contributed by atoms with Gasteiger partial charge in [0.05, 0.1) is 13.1 Å². The van der Waals surface area contributed by atoms with Gasteiger partial charge in [-0.15, -0.1) is 0 Å². The van der Waals surface area contributed by atoms with Gasteiger partial charge in [-0.05, 0) is 0 Å². The van der Waals surface area contributed by atoms with Crippen LogP contribution in [0.3, 0.4) is 0 Å². The Kier molecular flexibility index (Phi) is 1.80. The first kappa shape index (κ1) is 7.34. The molecule has 1 aliphatic rings. The molecule has 0 aromatic heterocycles. The standard InChI is InChI=1S/C6H11N2O2/c1-7(2)6(10)8-3-5(9)4-8/h5H,3-4H2,1-2H3. The zero-order valence-electron chi connectivity index (χ0n) is 6.20. The summed E-state index contributed by atoms with van der Waals surface area (Å²) in [5.41, 5.74) is 0. The van der Waals surface area contributed by atoms with Gasteiger partial charge in [0.1, 0.15) is 6.10 Å². The fraction of sp³-hybridized carbons (Fsp3) is 0.833. The molecule has 1 saturated heterocycles. The molecule has 1 heterocycles. The summed E-state index contributed by atoms with van der Waals surface area (Å²) < 4.78 is 0. The number of carbonyl (C=O) groups is 1. The fourth-order valence-corrected chi connectivity index (χ4v) is 0.877. The van der Waals surface area contributed by atoms with Gasteiger partial charge in [-0.3, -0.25) is 0 Å². The lowest BCUT2D eigenvalue weighted by molar-refractivity contribution is -0.0267. The quantitative estimate of drug-likeness (QED) is 0.462. The van der Waals surface area contributed by atoms with Crippen LogP contribution >= 0.6 is 0 Å². The van der Waals surface area contributed by atoms with Crippen molar-refractivity contribution in [1.82, 2.24) is 9.80 Å². The Morgan fingerprint density at radius 1 is 1.50 bits per heavy atom. The molecule has 0 spiro atoms. The van der Waals surface area contributed by atoms with Crippen LogP contribution in [0.1, 0.15) is 0 Å². The molecule has 0 aliphatic carbocycles. The Morgan fingerprint density at radius 3 is 2.30 bits per heavy atom. The Labute approximate surface area is 60.0 Å². The van der Waals surface area contributed by atoms with E-state index in [1.165, 1.54) is 9.80 Å². The predicted molar refractivity (Wildman–Crippen MR) is 35.1 cm³/mol. The molecule has 57 valence electrons. The number of nitrogens with zero attached hydrogens (tertiary/aromatic N) is 2. The van der Waals surface area contributed by atoms with Crippen LogP contribution in [-0.2, 0) is 5.11 Å². The SMILES string of the molecule is CN(C)C(=O)N1CC([O])C1.